The summed E-state index contributed by atoms with van der Waals surface area (Å²) in [4.78, 5) is 12.5. The van der Waals surface area contributed by atoms with Gasteiger partial charge in [-0.1, -0.05) is 33.6 Å². The lowest BCUT2D eigenvalue weighted by Crippen LogP contribution is -2.51. The number of rotatable bonds is 2. The van der Waals surface area contributed by atoms with Gasteiger partial charge in [0.2, 0.25) is 5.91 Å². The standard InChI is InChI=1S/C16H30N2O/c1-10-7-8-14(17)13(9-10)16(19)18-15-6-4-5-11(2)12(15)3/h10-15H,4-9,17H2,1-3H3,(H,18,19). The van der Waals surface area contributed by atoms with Crippen molar-refractivity contribution in [3.05, 3.63) is 0 Å². The maximum absolute atomic E-state index is 12.5. The van der Waals surface area contributed by atoms with E-state index in [1.165, 1.54) is 19.3 Å². The van der Waals surface area contributed by atoms with Gasteiger partial charge in [-0.05, 0) is 43.4 Å². The lowest BCUT2D eigenvalue weighted by molar-refractivity contribution is -0.128. The Kier molecular flexibility index (Phi) is 4.88. The minimum atomic E-state index is 0.0354. The molecule has 2 aliphatic rings. The largest absolute Gasteiger partial charge is 0.353 e. The third-order valence-electron chi connectivity index (χ3n) is 5.54. The fourth-order valence-corrected chi connectivity index (χ4v) is 3.78. The predicted molar refractivity (Wildman–Crippen MR) is 78.6 cm³/mol. The smallest absolute Gasteiger partial charge is 0.224 e. The third-order valence-corrected chi connectivity index (χ3v) is 5.54. The van der Waals surface area contributed by atoms with E-state index in [1.807, 2.05) is 0 Å². The number of hydrogen-bond acceptors (Lipinski definition) is 2. The van der Waals surface area contributed by atoms with Crippen molar-refractivity contribution < 1.29 is 4.79 Å². The van der Waals surface area contributed by atoms with Gasteiger partial charge in [-0.15, -0.1) is 0 Å². The maximum Gasteiger partial charge on any atom is 0.224 e. The minimum absolute atomic E-state index is 0.0354. The molecule has 0 aromatic heterocycles. The van der Waals surface area contributed by atoms with Crippen LogP contribution in [0.4, 0.5) is 0 Å². The number of amides is 1. The van der Waals surface area contributed by atoms with E-state index in [1.54, 1.807) is 0 Å². The molecule has 0 aromatic carbocycles. The molecular formula is C16H30N2O. The average Bonchev–Trinajstić information content (AvgIpc) is 2.38. The summed E-state index contributed by atoms with van der Waals surface area (Å²) in [7, 11) is 0. The Balaban J connectivity index is 1.92. The van der Waals surface area contributed by atoms with E-state index in [-0.39, 0.29) is 17.9 Å². The number of hydrogen-bond donors (Lipinski definition) is 2. The summed E-state index contributed by atoms with van der Waals surface area (Å²) in [6, 6.07) is 0.424. The van der Waals surface area contributed by atoms with Gasteiger partial charge in [-0.2, -0.15) is 0 Å². The van der Waals surface area contributed by atoms with Crippen molar-refractivity contribution in [1.29, 1.82) is 0 Å². The van der Waals surface area contributed by atoms with Crippen molar-refractivity contribution in [2.45, 2.75) is 71.4 Å². The molecule has 0 spiro atoms. The second kappa shape index (κ2) is 6.25. The first-order valence-electron chi connectivity index (χ1n) is 8.05. The Morgan fingerprint density at radius 2 is 1.84 bits per heavy atom. The Hall–Kier alpha value is -0.570. The normalized spacial score (nSPS) is 43.8. The van der Waals surface area contributed by atoms with Crippen LogP contribution in [0.5, 0.6) is 0 Å². The van der Waals surface area contributed by atoms with Crippen LogP contribution in [-0.4, -0.2) is 18.0 Å². The van der Waals surface area contributed by atoms with Crippen molar-refractivity contribution in [2.24, 2.45) is 29.4 Å². The van der Waals surface area contributed by atoms with Crippen molar-refractivity contribution in [2.75, 3.05) is 0 Å². The number of carbonyl (C=O) groups excluding carboxylic acids is 1. The van der Waals surface area contributed by atoms with Crippen LogP contribution in [0.3, 0.4) is 0 Å². The fourth-order valence-electron chi connectivity index (χ4n) is 3.78. The van der Waals surface area contributed by atoms with Gasteiger partial charge in [0.25, 0.3) is 0 Å². The van der Waals surface area contributed by atoms with Gasteiger partial charge in [0.05, 0.1) is 5.92 Å². The number of nitrogens with one attached hydrogen (secondary N) is 1. The van der Waals surface area contributed by atoms with Gasteiger partial charge < -0.3 is 11.1 Å². The molecule has 19 heavy (non-hydrogen) atoms. The highest BCUT2D eigenvalue weighted by Crippen LogP contribution is 2.31. The molecule has 6 atom stereocenters. The third kappa shape index (κ3) is 3.50. The molecule has 3 N–H and O–H groups in total. The van der Waals surface area contributed by atoms with Crippen LogP contribution in [0.15, 0.2) is 0 Å². The van der Waals surface area contributed by atoms with E-state index in [0.717, 1.165) is 25.2 Å². The molecule has 2 saturated carbocycles. The Morgan fingerprint density at radius 1 is 1.11 bits per heavy atom. The summed E-state index contributed by atoms with van der Waals surface area (Å²) in [6.07, 6.45) is 6.80. The monoisotopic (exact) mass is 266 g/mol. The molecule has 2 fully saturated rings. The first-order chi connectivity index (χ1) is 8.99. The van der Waals surface area contributed by atoms with Gasteiger partial charge >= 0.3 is 0 Å². The van der Waals surface area contributed by atoms with Crippen LogP contribution in [-0.2, 0) is 4.79 Å². The molecule has 0 saturated heterocycles. The molecule has 0 aromatic rings. The zero-order valence-electron chi connectivity index (χ0n) is 12.7. The van der Waals surface area contributed by atoms with Gasteiger partial charge in [-0.3, -0.25) is 4.79 Å². The lowest BCUT2D eigenvalue weighted by Gasteiger charge is -2.37. The topological polar surface area (TPSA) is 55.1 Å². The van der Waals surface area contributed by atoms with Crippen LogP contribution in [0.25, 0.3) is 0 Å². The van der Waals surface area contributed by atoms with Crippen LogP contribution < -0.4 is 11.1 Å². The minimum Gasteiger partial charge on any atom is -0.353 e. The molecule has 2 aliphatic carbocycles. The van der Waals surface area contributed by atoms with E-state index < -0.39 is 0 Å². The first-order valence-corrected chi connectivity index (χ1v) is 8.05. The molecule has 0 bridgehead atoms. The van der Waals surface area contributed by atoms with Crippen LogP contribution in [0.1, 0.15) is 59.3 Å². The number of nitrogens with two attached hydrogens (primary N) is 1. The van der Waals surface area contributed by atoms with Gasteiger partial charge in [-0.25, -0.2) is 0 Å². The molecule has 3 nitrogen and oxygen atoms in total. The van der Waals surface area contributed by atoms with Gasteiger partial charge in [0, 0.05) is 12.1 Å². The first kappa shape index (κ1) is 14.8. The molecule has 0 radical (unpaired) electrons. The summed E-state index contributed by atoms with van der Waals surface area (Å²) < 4.78 is 0. The summed E-state index contributed by atoms with van der Waals surface area (Å²) in [5.74, 6) is 2.20. The highest BCUT2D eigenvalue weighted by atomic mass is 16.2. The lowest BCUT2D eigenvalue weighted by atomic mass is 9.76. The molecule has 0 aliphatic heterocycles. The molecule has 3 heteroatoms. The number of carbonyl (C=O) groups is 1. The molecule has 0 heterocycles. The summed E-state index contributed by atoms with van der Waals surface area (Å²) >= 11 is 0. The summed E-state index contributed by atoms with van der Waals surface area (Å²) in [5, 5.41) is 3.30. The van der Waals surface area contributed by atoms with Crippen molar-refractivity contribution >= 4 is 5.91 Å². The van der Waals surface area contributed by atoms with Crippen LogP contribution >= 0.6 is 0 Å². The quantitative estimate of drug-likeness (QED) is 0.807. The van der Waals surface area contributed by atoms with Crippen molar-refractivity contribution in [1.82, 2.24) is 5.32 Å². The van der Waals surface area contributed by atoms with Crippen molar-refractivity contribution in [3.8, 4) is 0 Å². The zero-order chi connectivity index (χ0) is 14.0. The second-order valence-electron chi connectivity index (χ2n) is 7.07. The van der Waals surface area contributed by atoms with Gasteiger partial charge in [0.1, 0.15) is 0 Å². The molecular weight excluding hydrogens is 236 g/mol. The average molecular weight is 266 g/mol. The van der Waals surface area contributed by atoms with Crippen molar-refractivity contribution in [3.63, 3.8) is 0 Å². The zero-order valence-corrected chi connectivity index (χ0v) is 12.7. The SMILES string of the molecule is CC1CCC(N)C(C(=O)NC2CCCC(C)C2C)C1. The molecule has 110 valence electrons. The highest BCUT2D eigenvalue weighted by molar-refractivity contribution is 5.79. The fraction of sp³-hybridized carbons (Fsp3) is 0.938. The molecule has 2 rings (SSSR count). The predicted octanol–water partition coefficient (Wildman–Crippen LogP) is 2.69. The molecule has 6 unspecified atom stereocenters. The van der Waals surface area contributed by atoms with Gasteiger partial charge in [0.15, 0.2) is 0 Å². The Morgan fingerprint density at radius 3 is 2.58 bits per heavy atom. The Bertz CT molecular complexity index is 318. The Labute approximate surface area is 117 Å². The van der Waals surface area contributed by atoms with Crippen LogP contribution in [0, 0.1) is 23.7 Å². The summed E-state index contributed by atoms with van der Waals surface area (Å²) in [5.41, 5.74) is 6.15. The van der Waals surface area contributed by atoms with E-state index in [9.17, 15) is 4.79 Å². The van der Waals surface area contributed by atoms with E-state index in [0.29, 0.717) is 17.9 Å². The van der Waals surface area contributed by atoms with E-state index >= 15 is 0 Å². The second-order valence-corrected chi connectivity index (χ2v) is 7.07. The van der Waals surface area contributed by atoms with Crippen LogP contribution in [0.2, 0.25) is 0 Å². The maximum atomic E-state index is 12.5. The van der Waals surface area contributed by atoms with E-state index in [4.69, 9.17) is 5.73 Å². The highest BCUT2D eigenvalue weighted by Gasteiger charge is 2.34. The molecule has 1 amide bonds. The summed E-state index contributed by atoms with van der Waals surface area (Å²) in [6.45, 7) is 6.81. The van der Waals surface area contributed by atoms with E-state index in [2.05, 4.69) is 26.1 Å².